The number of benzene rings is 3. The summed E-state index contributed by atoms with van der Waals surface area (Å²) in [4.78, 5) is 27.2. The molecule has 0 N–H and O–H groups in total. The summed E-state index contributed by atoms with van der Waals surface area (Å²) >= 11 is 0. The third-order valence-electron chi connectivity index (χ3n) is 5.73. The Kier molecular flexibility index (Phi) is 3.21. The Morgan fingerprint density at radius 3 is 2.24 bits per heavy atom. The van der Waals surface area contributed by atoms with E-state index in [4.69, 9.17) is 0 Å². The second-order valence-electron chi connectivity index (χ2n) is 7.37. The maximum Gasteiger partial charge on any atom is 0.265 e. The zero-order valence-corrected chi connectivity index (χ0v) is 15.5. The van der Waals surface area contributed by atoms with Gasteiger partial charge in [0.15, 0.2) is 0 Å². The summed E-state index contributed by atoms with van der Waals surface area (Å²) in [7, 11) is 0. The van der Waals surface area contributed by atoms with Crippen molar-refractivity contribution in [2.75, 3.05) is 0 Å². The van der Waals surface area contributed by atoms with Gasteiger partial charge in [-0.15, -0.1) is 0 Å². The summed E-state index contributed by atoms with van der Waals surface area (Å²) in [5, 5.41) is 1.72. The Morgan fingerprint density at radius 1 is 0.724 bits per heavy atom. The number of aromatic nitrogens is 2. The lowest BCUT2D eigenvalue weighted by molar-refractivity contribution is 0.0912. The molecule has 4 heteroatoms. The fraction of sp³-hybridized carbons (Fsp3) is 0.0400. The van der Waals surface area contributed by atoms with Gasteiger partial charge in [0.25, 0.3) is 5.91 Å². The van der Waals surface area contributed by atoms with Gasteiger partial charge < -0.3 is 4.57 Å². The average Bonchev–Trinajstić information content (AvgIpc) is 3.30. The van der Waals surface area contributed by atoms with Crippen LogP contribution in [0.2, 0.25) is 0 Å². The lowest BCUT2D eigenvalue weighted by Gasteiger charge is -2.17. The van der Waals surface area contributed by atoms with E-state index in [1.54, 1.807) is 4.57 Å². The third kappa shape index (κ3) is 2.14. The predicted octanol–water partition coefficient (Wildman–Crippen LogP) is 4.88. The Hall–Kier alpha value is -3.92. The molecule has 6 rings (SSSR count). The highest BCUT2D eigenvalue weighted by atomic mass is 16.2. The monoisotopic (exact) mass is 376 g/mol. The molecule has 0 unspecified atom stereocenters. The molecule has 3 aromatic carbocycles. The van der Waals surface area contributed by atoms with Crippen LogP contribution in [0.25, 0.3) is 21.8 Å². The van der Waals surface area contributed by atoms with Crippen LogP contribution in [-0.4, -0.2) is 20.8 Å². The molecule has 0 saturated heterocycles. The van der Waals surface area contributed by atoms with Crippen LogP contribution in [0.3, 0.4) is 0 Å². The summed E-state index contributed by atoms with van der Waals surface area (Å²) in [6, 6.07) is 27.2. The van der Waals surface area contributed by atoms with E-state index in [0.717, 1.165) is 27.4 Å². The molecule has 0 radical (unpaired) electrons. The van der Waals surface area contributed by atoms with Crippen LogP contribution in [0, 0.1) is 0 Å². The highest BCUT2D eigenvalue weighted by molar-refractivity contribution is 6.27. The van der Waals surface area contributed by atoms with Crippen molar-refractivity contribution >= 4 is 33.5 Å². The van der Waals surface area contributed by atoms with Gasteiger partial charge in [-0.25, -0.2) is 0 Å². The van der Waals surface area contributed by atoms with Crippen molar-refractivity contribution in [3.63, 3.8) is 0 Å². The van der Waals surface area contributed by atoms with Gasteiger partial charge in [-0.05, 0) is 23.8 Å². The average molecular weight is 376 g/mol. The van der Waals surface area contributed by atoms with Crippen LogP contribution in [0.15, 0.2) is 84.9 Å². The van der Waals surface area contributed by atoms with Crippen molar-refractivity contribution in [2.45, 2.75) is 6.54 Å². The standard InChI is InChI=1S/C25H16N2O2/c28-24-21-14-17-10-4-6-12-19(17)27(21)25(29)22-18-11-5-7-13-20(18)26(23(22)24)15-16-8-2-1-3-9-16/h1-14H,15H2. The number of fused-ring (bicyclic) bond motifs is 6. The molecular weight excluding hydrogens is 360 g/mol. The smallest absolute Gasteiger partial charge is 0.265 e. The van der Waals surface area contributed by atoms with E-state index < -0.39 is 0 Å². The predicted molar refractivity (Wildman–Crippen MR) is 113 cm³/mol. The molecule has 2 aromatic heterocycles. The molecule has 0 fully saturated rings. The first-order valence-electron chi connectivity index (χ1n) is 9.59. The molecule has 0 atom stereocenters. The molecule has 1 aliphatic rings. The van der Waals surface area contributed by atoms with E-state index in [9.17, 15) is 9.59 Å². The minimum absolute atomic E-state index is 0.108. The van der Waals surface area contributed by atoms with E-state index in [1.165, 1.54) is 0 Å². The Morgan fingerprint density at radius 2 is 1.41 bits per heavy atom. The van der Waals surface area contributed by atoms with E-state index in [1.807, 2.05) is 89.5 Å². The lowest BCUT2D eigenvalue weighted by atomic mass is 10.0. The maximum absolute atomic E-state index is 13.6. The molecule has 5 aromatic rings. The van der Waals surface area contributed by atoms with Gasteiger partial charge in [-0.1, -0.05) is 66.7 Å². The summed E-state index contributed by atoms with van der Waals surface area (Å²) in [5.41, 5.74) is 4.17. The first-order chi connectivity index (χ1) is 14.2. The van der Waals surface area contributed by atoms with Crippen molar-refractivity contribution in [1.82, 2.24) is 9.13 Å². The molecule has 0 spiro atoms. The number of ketones is 1. The minimum Gasteiger partial charge on any atom is -0.333 e. The Labute approximate surface area is 166 Å². The molecule has 138 valence electrons. The van der Waals surface area contributed by atoms with Crippen LogP contribution < -0.4 is 0 Å². The van der Waals surface area contributed by atoms with Crippen molar-refractivity contribution in [1.29, 1.82) is 0 Å². The fourth-order valence-electron chi connectivity index (χ4n) is 4.46. The Bertz CT molecular complexity index is 1450. The van der Waals surface area contributed by atoms with Crippen LogP contribution in [0.5, 0.6) is 0 Å². The largest absolute Gasteiger partial charge is 0.333 e. The molecule has 4 nitrogen and oxygen atoms in total. The van der Waals surface area contributed by atoms with Crippen LogP contribution >= 0.6 is 0 Å². The van der Waals surface area contributed by atoms with E-state index in [0.29, 0.717) is 23.5 Å². The quantitative estimate of drug-likeness (QED) is 0.432. The number of carbonyl (C=O) groups is 2. The van der Waals surface area contributed by atoms with Crippen molar-refractivity contribution in [3.05, 3.63) is 107 Å². The second-order valence-corrected chi connectivity index (χ2v) is 7.37. The van der Waals surface area contributed by atoms with Crippen molar-refractivity contribution in [3.8, 4) is 0 Å². The van der Waals surface area contributed by atoms with Crippen LogP contribution in [0.4, 0.5) is 0 Å². The number of para-hydroxylation sites is 2. The fourth-order valence-corrected chi connectivity index (χ4v) is 4.46. The zero-order valence-electron chi connectivity index (χ0n) is 15.5. The number of rotatable bonds is 2. The van der Waals surface area contributed by atoms with Gasteiger partial charge in [-0.2, -0.15) is 0 Å². The van der Waals surface area contributed by atoms with Gasteiger partial charge >= 0.3 is 0 Å². The molecule has 3 heterocycles. The number of hydrogen-bond donors (Lipinski definition) is 0. The van der Waals surface area contributed by atoms with Crippen LogP contribution in [-0.2, 0) is 6.54 Å². The summed E-state index contributed by atoms with van der Waals surface area (Å²) in [5.74, 6) is -0.248. The normalized spacial score (nSPS) is 13.1. The van der Waals surface area contributed by atoms with Crippen molar-refractivity contribution < 1.29 is 9.59 Å². The first kappa shape index (κ1) is 16.1. The molecule has 0 amide bonds. The van der Waals surface area contributed by atoms with Gasteiger partial charge in [0.1, 0.15) is 5.69 Å². The van der Waals surface area contributed by atoms with Crippen molar-refractivity contribution in [2.24, 2.45) is 0 Å². The zero-order chi connectivity index (χ0) is 19.5. The molecule has 29 heavy (non-hydrogen) atoms. The number of nitrogens with zero attached hydrogens (tertiary/aromatic N) is 2. The molecular formula is C25H16N2O2. The minimum atomic E-state index is -0.140. The second kappa shape index (κ2) is 5.79. The van der Waals surface area contributed by atoms with Gasteiger partial charge in [-0.3, -0.25) is 14.2 Å². The van der Waals surface area contributed by atoms with Gasteiger partial charge in [0.2, 0.25) is 5.78 Å². The summed E-state index contributed by atoms with van der Waals surface area (Å²) in [6.45, 7) is 0.538. The lowest BCUT2D eigenvalue weighted by Crippen LogP contribution is -2.28. The Balaban J connectivity index is 1.67. The highest BCUT2D eigenvalue weighted by Crippen LogP contribution is 2.35. The van der Waals surface area contributed by atoms with Gasteiger partial charge in [0, 0.05) is 22.8 Å². The van der Waals surface area contributed by atoms with Crippen LogP contribution in [0.1, 0.15) is 32.1 Å². The molecule has 0 bridgehead atoms. The molecule has 0 aliphatic carbocycles. The van der Waals surface area contributed by atoms with E-state index >= 15 is 0 Å². The summed E-state index contributed by atoms with van der Waals surface area (Å²) < 4.78 is 3.56. The van der Waals surface area contributed by atoms with E-state index in [-0.39, 0.29) is 11.7 Å². The molecule has 1 aliphatic heterocycles. The van der Waals surface area contributed by atoms with E-state index in [2.05, 4.69) is 0 Å². The highest BCUT2D eigenvalue weighted by Gasteiger charge is 2.36. The number of carbonyl (C=O) groups excluding carboxylic acids is 2. The maximum atomic E-state index is 13.6. The number of hydrogen-bond acceptors (Lipinski definition) is 2. The molecule has 0 saturated carbocycles. The first-order valence-corrected chi connectivity index (χ1v) is 9.59. The third-order valence-corrected chi connectivity index (χ3v) is 5.73. The topological polar surface area (TPSA) is 44.0 Å². The SMILES string of the molecule is O=C1c2c(c3ccccc3n2Cc2ccccc2)C(=O)n2c1cc1ccccc12. The van der Waals surface area contributed by atoms with Gasteiger partial charge in [0.05, 0.1) is 16.8 Å². The summed E-state index contributed by atoms with van der Waals surface area (Å²) in [6.07, 6.45) is 0.